The highest BCUT2D eigenvalue weighted by Gasteiger charge is 2.10. The van der Waals surface area contributed by atoms with Crippen molar-refractivity contribution in [2.45, 2.75) is 33.0 Å². The molecule has 0 aliphatic rings. The third kappa shape index (κ3) is 3.84. The Morgan fingerprint density at radius 1 is 1.25 bits per heavy atom. The molecule has 0 unspecified atom stereocenters. The van der Waals surface area contributed by atoms with Crippen LogP contribution in [0.15, 0.2) is 30.5 Å². The molecule has 0 saturated carbocycles. The van der Waals surface area contributed by atoms with E-state index in [1.807, 2.05) is 22.8 Å². The Labute approximate surface area is 120 Å². The molecule has 5 heteroatoms. The zero-order valence-corrected chi connectivity index (χ0v) is 13.1. The van der Waals surface area contributed by atoms with Crippen LogP contribution in [0.2, 0.25) is 0 Å². The first-order valence-electron chi connectivity index (χ1n) is 6.84. The Hall–Kier alpha value is -1.33. The summed E-state index contributed by atoms with van der Waals surface area (Å²) in [6, 6.07) is 8.55. The van der Waals surface area contributed by atoms with Crippen molar-refractivity contribution >= 4 is 20.7 Å². The van der Waals surface area contributed by atoms with Gasteiger partial charge in [-0.15, -0.1) is 0 Å². The number of nitrogens with one attached hydrogen (secondary N) is 1. The highest BCUT2D eigenvalue weighted by Crippen LogP contribution is 2.21. The number of hydrogen-bond donors (Lipinski definition) is 1. The minimum absolute atomic E-state index is 0.169. The molecule has 0 aliphatic carbocycles. The van der Waals surface area contributed by atoms with Gasteiger partial charge in [0.2, 0.25) is 0 Å². The average molecular weight is 294 g/mol. The molecule has 2 rings (SSSR count). The number of para-hydroxylation sites is 1. The number of benzene rings is 1. The lowest BCUT2D eigenvalue weighted by Crippen LogP contribution is -2.21. The summed E-state index contributed by atoms with van der Waals surface area (Å²) >= 11 is 0. The maximum absolute atomic E-state index is 11.3. The molecule has 2 aromatic rings. The largest absolute Gasteiger partial charge is 0.346 e. The molecule has 0 spiro atoms. The van der Waals surface area contributed by atoms with Crippen LogP contribution in [-0.2, 0) is 22.9 Å². The Bertz CT molecular complexity index is 687. The van der Waals surface area contributed by atoms with Crippen LogP contribution in [0, 0.1) is 0 Å². The van der Waals surface area contributed by atoms with Gasteiger partial charge >= 0.3 is 0 Å². The predicted octanol–water partition coefficient (Wildman–Crippen LogP) is 2.18. The first-order chi connectivity index (χ1) is 9.37. The van der Waals surface area contributed by atoms with Crippen LogP contribution < -0.4 is 5.32 Å². The number of fused-ring (bicyclic) bond motifs is 1. The van der Waals surface area contributed by atoms with E-state index in [0.29, 0.717) is 12.6 Å². The Morgan fingerprint density at radius 3 is 2.60 bits per heavy atom. The maximum atomic E-state index is 11.3. The van der Waals surface area contributed by atoms with Gasteiger partial charge in [-0.05, 0) is 11.6 Å². The standard InChI is InChI=1S/C15H22N2O2S/c1-12(2)16-10-13-11-17(8-9-20(3,18)19)15-7-5-4-6-14(13)15/h4-7,11-12,16H,8-10H2,1-3H3. The molecule has 0 fully saturated rings. The van der Waals surface area contributed by atoms with Crippen LogP contribution in [-0.4, -0.2) is 31.0 Å². The van der Waals surface area contributed by atoms with Crippen LogP contribution in [0.4, 0.5) is 0 Å². The molecule has 0 atom stereocenters. The van der Waals surface area contributed by atoms with Gasteiger partial charge in [-0.25, -0.2) is 8.42 Å². The van der Waals surface area contributed by atoms with Gasteiger partial charge in [0, 0.05) is 42.5 Å². The minimum atomic E-state index is -2.94. The Balaban J connectivity index is 2.30. The molecule has 0 bridgehead atoms. The zero-order valence-electron chi connectivity index (χ0n) is 12.3. The third-order valence-electron chi connectivity index (χ3n) is 3.27. The first kappa shape index (κ1) is 15.1. The van der Waals surface area contributed by atoms with Gasteiger partial charge in [0.15, 0.2) is 0 Å². The number of aryl methyl sites for hydroxylation is 1. The van der Waals surface area contributed by atoms with Crippen molar-refractivity contribution in [3.63, 3.8) is 0 Å². The van der Waals surface area contributed by atoms with E-state index in [1.54, 1.807) is 0 Å². The molecule has 4 nitrogen and oxygen atoms in total. The molecular weight excluding hydrogens is 272 g/mol. The van der Waals surface area contributed by atoms with Crippen LogP contribution >= 0.6 is 0 Å². The van der Waals surface area contributed by atoms with E-state index in [9.17, 15) is 8.42 Å². The molecule has 1 aromatic carbocycles. The highest BCUT2D eigenvalue weighted by molar-refractivity contribution is 7.90. The summed E-state index contributed by atoms with van der Waals surface area (Å²) in [7, 11) is -2.94. The van der Waals surface area contributed by atoms with Crippen molar-refractivity contribution in [3.05, 3.63) is 36.0 Å². The summed E-state index contributed by atoms with van der Waals surface area (Å²) in [5.41, 5.74) is 2.31. The average Bonchev–Trinajstić information content (AvgIpc) is 2.71. The number of hydrogen-bond acceptors (Lipinski definition) is 3. The fraction of sp³-hybridized carbons (Fsp3) is 0.467. The quantitative estimate of drug-likeness (QED) is 0.888. The van der Waals surface area contributed by atoms with Crippen molar-refractivity contribution in [1.82, 2.24) is 9.88 Å². The molecule has 0 radical (unpaired) electrons. The van der Waals surface area contributed by atoms with Crippen molar-refractivity contribution in [2.24, 2.45) is 0 Å². The van der Waals surface area contributed by atoms with Gasteiger partial charge in [-0.1, -0.05) is 32.0 Å². The van der Waals surface area contributed by atoms with Crippen molar-refractivity contribution in [2.75, 3.05) is 12.0 Å². The molecule has 0 saturated heterocycles. The van der Waals surface area contributed by atoms with E-state index >= 15 is 0 Å². The van der Waals surface area contributed by atoms with E-state index in [4.69, 9.17) is 0 Å². The number of aromatic nitrogens is 1. The molecular formula is C15H22N2O2S. The van der Waals surface area contributed by atoms with Crippen LogP contribution in [0.3, 0.4) is 0 Å². The number of nitrogens with zero attached hydrogens (tertiary/aromatic N) is 1. The molecule has 1 N–H and O–H groups in total. The van der Waals surface area contributed by atoms with E-state index < -0.39 is 9.84 Å². The van der Waals surface area contributed by atoms with Gasteiger partial charge in [0.05, 0.1) is 5.75 Å². The first-order valence-corrected chi connectivity index (χ1v) is 8.91. The zero-order chi connectivity index (χ0) is 14.8. The molecule has 0 amide bonds. The molecule has 0 aliphatic heterocycles. The summed E-state index contributed by atoms with van der Waals surface area (Å²) < 4.78 is 24.7. The molecule has 110 valence electrons. The van der Waals surface area contributed by atoms with Gasteiger partial charge in [-0.3, -0.25) is 0 Å². The monoisotopic (exact) mass is 294 g/mol. The summed E-state index contributed by atoms with van der Waals surface area (Å²) in [5, 5.41) is 4.60. The second-order valence-corrected chi connectivity index (χ2v) is 7.79. The normalized spacial score (nSPS) is 12.4. The van der Waals surface area contributed by atoms with Crippen LogP contribution in [0.25, 0.3) is 10.9 Å². The van der Waals surface area contributed by atoms with E-state index in [2.05, 4.69) is 31.4 Å². The van der Waals surface area contributed by atoms with Crippen molar-refractivity contribution in [1.29, 1.82) is 0 Å². The third-order valence-corrected chi connectivity index (χ3v) is 4.20. The Kier molecular flexibility index (Phi) is 4.50. The van der Waals surface area contributed by atoms with E-state index in [0.717, 1.165) is 12.1 Å². The second kappa shape index (κ2) is 5.97. The van der Waals surface area contributed by atoms with Gasteiger partial charge < -0.3 is 9.88 Å². The van der Waals surface area contributed by atoms with E-state index in [-0.39, 0.29) is 5.75 Å². The lowest BCUT2D eigenvalue weighted by atomic mass is 10.2. The topological polar surface area (TPSA) is 51.1 Å². The summed E-state index contributed by atoms with van der Waals surface area (Å²) in [5.74, 6) is 0.169. The summed E-state index contributed by atoms with van der Waals surface area (Å²) in [6.45, 7) is 5.52. The molecule has 1 heterocycles. The highest BCUT2D eigenvalue weighted by atomic mass is 32.2. The summed E-state index contributed by atoms with van der Waals surface area (Å²) in [4.78, 5) is 0. The lowest BCUT2D eigenvalue weighted by Gasteiger charge is -2.06. The molecule has 1 aromatic heterocycles. The lowest BCUT2D eigenvalue weighted by molar-refractivity contribution is 0.588. The van der Waals surface area contributed by atoms with Crippen LogP contribution in [0.5, 0.6) is 0 Å². The van der Waals surface area contributed by atoms with Gasteiger partial charge in [0.1, 0.15) is 9.84 Å². The second-order valence-electron chi connectivity index (χ2n) is 5.53. The smallest absolute Gasteiger partial charge is 0.149 e. The number of sulfone groups is 1. The number of rotatable bonds is 6. The Morgan fingerprint density at radius 2 is 1.95 bits per heavy atom. The minimum Gasteiger partial charge on any atom is -0.346 e. The van der Waals surface area contributed by atoms with Gasteiger partial charge in [-0.2, -0.15) is 0 Å². The van der Waals surface area contributed by atoms with Crippen molar-refractivity contribution in [3.8, 4) is 0 Å². The molecule has 20 heavy (non-hydrogen) atoms. The SMILES string of the molecule is CC(C)NCc1cn(CCS(C)(=O)=O)c2ccccc12. The fourth-order valence-corrected chi connectivity index (χ4v) is 2.76. The van der Waals surface area contributed by atoms with Crippen molar-refractivity contribution < 1.29 is 8.42 Å². The summed E-state index contributed by atoms with van der Waals surface area (Å²) in [6.07, 6.45) is 3.34. The predicted molar refractivity (Wildman–Crippen MR) is 83.6 cm³/mol. The fourth-order valence-electron chi connectivity index (χ4n) is 2.23. The maximum Gasteiger partial charge on any atom is 0.149 e. The van der Waals surface area contributed by atoms with Gasteiger partial charge in [0.25, 0.3) is 0 Å². The van der Waals surface area contributed by atoms with E-state index in [1.165, 1.54) is 17.2 Å². The van der Waals surface area contributed by atoms with Crippen LogP contribution in [0.1, 0.15) is 19.4 Å².